The number of aromatic nitrogens is 1. The first-order chi connectivity index (χ1) is 10.6. The highest BCUT2D eigenvalue weighted by Gasteiger charge is 2.06. The van der Waals surface area contributed by atoms with Crippen LogP contribution in [0.1, 0.15) is 27.2 Å². The van der Waals surface area contributed by atoms with E-state index in [4.69, 9.17) is 0 Å². The molecule has 4 nitrogen and oxygen atoms in total. The minimum atomic E-state index is -0.214. The quantitative estimate of drug-likeness (QED) is 0.562. The van der Waals surface area contributed by atoms with Gasteiger partial charge in [-0.1, -0.05) is 35.9 Å². The van der Waals surface area contributed by atoms with E-state index in [1.807, 2.05) is 50.2 Å². The Morgan fingerprint density at radius 3 is 2.59 bits per heavy atom. The minimum absolute atomic E-state index is 0.214. The van der Waals surface area contributed by atoms with Crippen molar-refractivity contribution >= 4 is 23.0 Å². The van der Waals surface area contributed by atoms with E-state index in [2.05, 4.69) is 15.5 Å². The fourth-order valence-electron chi connectivity index (χ4n) is 2.39. The molecule has 1 aromatic heterocycles. The van der Waals surface area contributed by atoms with Crippen molar-refractivity contribution < 1.29 is 4.79 Å². The van der Waals surface area contributed by atoms with Crippen molar-refractivity contribution in [3.8, 4) is 0 Å². The summed E-state index contributed by atoms with van der Waals surface area (Å²) >= 11 is 0. The number of aryl methyl sites for hydroxylation is 2. The summed E-state index contributed by atoms with van der Waals surface area (Å²) in [6, 6.07) is 15.4. The van der Waals surface area contributed by atoms with Gasteiger partial charge in [-0.15, -0.1) is 0 Å². The molecular weight excluding hydrogens is 274 g/mol. The van der Waals surface area contributed by atoms with Crippen LogP contribution in [0.3, 0.4) is 0 Å². The third-order valence-electron chi connectivity index (χ3n) is 3.62. The van der Waals surface area contributed by atoms with E-state index >= 15 is 0 Å². The van der Waals surface area contributed by atoms with Crippen LogP contribution in [0.25, 0.3) is 10.9 Å². The van der Waals surface area contributed by atoms with Crippen molar-refractivity contribution in [1.29, 1.82) is 0 Å². The number of carbonyl (C=O) groups is 1. The molecule has 4 heteroatoms. The van der Waals surface area contributed by atoms with Crippen LogP contribution >= 0.6 is 0 Å². The van der Waals surface area contributed by atoms with Gasteiger partial charge in [0.05, 0.1) is 6.21 Å². The Hall–Kier alpha value is -2.88. The number of amides is 1. The van der Waals surface area contributed by atoms with E-state index in [1.54, 1.807) is 18.3 Å². The van der Waals surface area contributed by atoms with Crippen molar-refractivity contribution in [2.24, 2.45) is 5.10 Å². The van der Waals surface area contributed by atoms with Gasteiger partial charge >= 0.3 is 0 Å². The SMILES string of the molecule is Cc1ccc(C(=O)N/N=C/c2c(C)[nH]c3ccccc23)cc1. The van der Waals surface area contributed by atoms with Gasteiger partial charge in [0, 0.05) is 27.7 Å². The Morgan fingerprint density at radius 2 is 1.82 bits per heavy atom. The number of rotatable bonds is 3. The first-order valence-electron chi connectivity index (χ1n) is 7.12. The zero-order chi connectivity index (χ0) is 15.5. The molecule has 0 spiro atoms. The zero-order valence-electron chi connectivity index (χ0n) is 12.6. The maximum atomic E-state index is 12.0. The Balaban J connectivity index is 1.77. The number of nitrogens with zero attached hydrogens (tertiary/aromatic N) is 1. The number of nitrogens with one attached hydrogen (secondary N) is 2. The maximum absolute atomic E-state index is 12.0. The molecule has 1 amide bonds. The number of hydrogen-bond acceptors (Lipinski definition) is 2. The molecule has 0 bridgehead atoms. The van der Waals surface area contributed by atoms with Crippen LogP contribution in [0.5, 0.6) is 0 Å². The molecule has 0 saturated carbocycles. The van der Waals surface area contributed by atoms with E-state index in [1.165, 1.54) is 0 Å². The number of fused-ring (bicyclic) bond motifs is 1. The maximum Gasteiger partial charge on any atom is 0.271 e. The topological polar surface area (TPSA) is 57.2 Å². The molecule has 2 aromatic carbocycles. The fourth-order valence-corrected chi connectivity index (χ4v) is 2.39. The molecule has 0 unspecified atom stereocenters. The van der Waals surface area contributed by atoms with Crippen LogP contribution in [0.2, 0.25) is 0 Å². The van der Waals surface area contributed by atoms with Gasteiger partial charge in [-0.05, 0) is 32.0 Å². The Bertz CT molecular complexity index is 844. The highest BCUT2D eigenvalue weighted by atomic mass is 16.2. The minimum Gasteiger partial charge on any atom is -0.358 e. The van der Waals surface area contributed by atoms with Gasteiger partial charge < -0.3 is 4.98 Å². The lowest BCUT2D eigenvalue weighted by molar-refractivity contribution is 0.0955. The number of aromatic amines is 1. The lowest BCUT2D eigenvalue weighted by atomic mass is 10.1. The molecule has 3 aromatic rings. The monoisotopic (exact) mass is 291 g/mol. The highest BCUT2D eigenvalue weighted by Crippen LogP contribution is 2.19. The van der Waals surface area contributed by atoms with Crippen LogP contribution in [0, 0.1) is 13.8 Å². The highest BCUT2D eigenvalue weighted by molar-refractivity contribution is 6.01. The van der Waals surface area contributed by atoms with Crippen LogP contribution in [-0.4, -0.2) is 17.1 Å². The van der Waals surface area contributed by atoms with Crippen molar-refractivity contribution in [3.05, 3.63) is 70.9 Å². The Kier molecular flexibility index (Phi) is 3.74. The van der Waals surface area contributed by atoms with E-state index in [0.29, 0.717) is 5.56 Å². The summed E-state index contributed by atoms with van der Waals surface area (Å²) in [7, 11) is 0. The van der Waals surface area contributed by atoms with Gasteiger partial charge in [-0.2, -0.15) is 5.10 Å². The summed E-state index contributed by atoms with van der Waals surface area (Å²) in [5.74, 6) is -0.214. The number of hydrogen-bond donors (Lipinski definition) is 2. The van der Waals surface area contributed by atoms with Crippen molar-refractivity contribution in [3.63, 3.8) is 0 Å². The average Bonchev–Trinajstić information content (AvgIpc) is 2.84. The lowest BCUT2D eigenvalue weighted by Gasteiger charge is -2.00. The largest absolute Gasteiger partial charge is 0.358 e. The first kappa shape index (κ1) is 14.1. The lowest BCUT2D eigenvalue weighted by Crippen LogP contribution is -2.17. The number of para-hydroxylation sites is 1. The summed E-state index contributed by atoms with van der Waals surface area (Å²) in [4.78, 5) is 15.3. The van der Waals surface area contributed by atoms with Gasteiger partial charge in [0.1, 0.15) is 0 Å². The summed E-state index contributed by atoms with van der Waals surface area (Å²) in [5, 5.41) is 5.17. The molecular formula is C18H17N3O. The smallest absolute Gasteiger partial charge is 0.271 e. The summed E-state index contributed by atoms with van der Waals surface area (Å²) < 4.78 is 0. The summed E-state index contributed by atoms with van der Waals surface area (Å²) in [6.45, 7) is 3.97. The fraction of sp³-hybridized carbons (Fsp3) is 0.111. The predicted molar refractivity (Wildman–Crippen MR) is 89.3 cm³/mol. The second-order valence-electron chi connectivity index (χ2n) is 5.27. The molecule has 0 fully saturated rings. The predicted octanol–water partition coefficient (Wildman–Crippen LogP) is 3.55. The van der Waals surface area contributed by atoms with Gasteiger partial charge in [-0.25, -0.2) is 5.43 Å². The molecule has 0 aliphatic heterocycles. The third-order valence-corrected chi connectivity index (χ3v) is 3.62. The van der Waals surface area contributed by atoms with E-state index < -0.39 is 0 Å². The van der Waals surface area contributed by atoms with Gasteiger partial charge in [-0.3, -0.25) is 4.79 Å². The average molecular weight is 291 g/mol. The number of carbonyl (C=O) groups excluding carboxylic acids is 1. The second kappa shape index (κ2) is 5.85. The molecule has 0 aliphatic rings. The van der Waals surface area contributed by atoms with Crippen molar-refractivity contribution in [2.75, 3.05) is 0 Å². The molecule has 110 valence electrons. The molecule has 0 saturated heterocycles. The van der Waals surface area contributed by atoms with Gasteiger partial charge in [0.15, 0.2) is 0 Å². The van der Waals surface area contributed by atoms with Gasteiger partial charge in [0.25, 0.3) is 5.91 Å². The molecule has 3 rings (SSSR count). The molecule has 22 heavy (non-hydrogen) atoms. The van der Waals surface area contributed by atoms with E-state index in [0.717, 1.165) is 27.7 Å². The standard InChI is InChI=1S/C18H17N3O/c1-12-7-9-14(10-8-12)18(22)21-19-11-16-13(2)20-17-6-4-3-5-15(16)17/h3-11,20H,1-2H3,(H,21,22)/b19-11+. The molecule has 2 N–H and O–H groups in total. The molecule has 0 radical (unpaired) electrons. The van der Waals surface area contributed by atoms with Crippen molar-refractivity contribution in [2.45, 2.75) is 13.8 Å². The van der Waals surface area contributed by atoms with Crippen LogP contribution in [0.15, 0.2) is 53.6 Å². The van der Waals surface area contributed by atoms with Crippen LogP contribution in [-0.2, 0) is 0 Å². The van der Waals surface area contributed by atoms with Gasteiger partial charge in [0.2, 0.25) is 0 Å². The first-order valence-corrected chi connectivity index (χ1v) is 7.12. The number of H-pyrrole nitrogens is 1. The number of benzene rings is 2. The number of hydrazone groups is 1. The summed E-state index contributed by atoms with van der Waals surface area (Å²) in [5.41, 5.74) is 7.35. The van der Waals surface area contributed by atoms with Crippen molar-refractivity contribution in [1.82, 2.24) is 10.4 Å². The Morgan fingerprint density at radius 1 is 1.09 bits per heavy atom. The normalized spacial score (nSPS) is 11.2. The van der Waals surface area contributed by atoms with Crippen LogP contribution in [0.4, 0.5) is 0 Å². The zero-order valence-corrected chi connectivity index (χ0v) is 12.6. The molecule has 1 heterocycles. The van der Waals surface area contributed by atoms with E-state index in [9.17, 15) is 4.79 Å². The van der Waals surface area contributed by atoms with Crippen LogP contribution < -0.4 is 5.43 Å². The molecule has 0 aliphatic carbocycles. The Labute approximate surface area is 128 Å². The molecule has 0 atom stereocenters. The van der Waals surface area contributed by atoms with E-state index in [-0.39, 0.29) is 5.91 Å². The second-order valence-corrected chi connectivity index (χ2v) is 5.27. The summed E-state index contributed by atoms with van der Waals surface area (Å²) in [6.07, 6.45) is 1.68. The third kappa shape index (κ3) is 2.76.